The zero-order valence-corrected chi connectivity index (χ0v) is 7.66. The van der Waals surface area contributed by atoms with E-state index < -0.39 is 5.91 Å². The Morgan fingerprint density at radius 1 is 1.67 bits per heavy atom. The second-order valence-corrected chi connectivity index (χ2v) is 3.45. The first-order valence-electron chi connectivity index (χ1n) is 3.35. The average Bonchev–Trinajstić information content (AvgIpc) is 2.30. The number of carbonyl (C=O) groups excluding carboxylic acids is 1. The number of thiazole rings is 1. The Hall–Kier alpha value is -1.34. The van der Waals surface area contributed by atoms with Gasteiger partial charge in [0, 0.05) is 0 Å². The molecule has 3 nitrogen and oxygen atoms in total. The van der Waals surface area contributed by atoms with Gasteiger partial charge >= 0.3 is 5.91 Å². The van der Waals surface area contributed by atoms with E-state index in [9.17, 15) is 4.79 Å². The maximum absolute atomic E-state index is 10.8. The van der Waals surface area contributed by atoms with Crippen molar-refractivity contribution in [3.05, 3.63) is 10.7 Å². The highest BCUT2D eigenvalue weighted by Gasteiger charge is 2.05. The van der Waals surface area contributed by atoms with Gasteiger partial charge in [0.15, 0.2) is 0 Å². The zero-order chi connectivity index (χ0) is 9.14. The van der Waals surface area contributed by atoms with Gasteiger partial charge in [0.1, 0.15) is 5.00 Å². The van der Waals surface area contributed by atoms with Gasteiger partial charge in [-0.15, -0.1) is 17.8 Å². The van der Waals surface area contributed by atoms with Crippen LogP contribution in [0.1, 0.15) is 10.7 Å². The van der Waals surface area contributed by atoms with Crippen LogP contribution < -0.4 is 5.32 Å². The Balaban J connectivity index is 2.84. The average molecular weight is 180 g/mol. The van der Waals surface area contributed by atoms with Crippen LogP contribution in [0.25, 0.3) is 0 Å². The molecule has 1 aromatic heterocycles. The monoisotopic (exact) mass is 180 g/mol. The molecule has 1 amide bonds. The Kier molecular flexibility index (Phi) is 2.46. The number of carbonyl (C=O) groups is 1. The van der Waals surface area contributed by atoms with Crippen LogP contribution in [0.15, 0.2) is 0 Å². The molecule has 12 heavy (non-hydrogen) atoms. The Morgan fingerprint density at radius 2 is 2.33 bits per heavy atom. The van der Waals surface area contributed by atoms with Crippen molar-refractivity contribution in [1.82, 2.24) is 4.98 Å². The minimum atomic E-state index is -0.429. The topological polar surface area (TPSA) is 42.0 Å². The molecule has 0 saturated heterocycles. The van der Waals surface area contributed by atoms with Gasteiger partial charge in [-0.2, -0.15) is 0 Å². The van der Waals surface area contributed by atoms with Gasteiger partial charge in [-0.25, -0.2) is 4.98 Å². The van der Waals surface area contributed by atoms with Crippen LogP contribution in [0, 0.1) is 26.2 Å². The molecule has 0 spiro atoms. The molecule has 62 valence electrons. The standard InChI is InChI=1S/C8H8N2OS/c1-4-7(11)10-8-5(2)9-6(3)12-8/h1H,2-3H3,(H,10,11). The van der Waals surface area contributed by atoms with Crippen molar-refractivity contribution >= 4 is 22.2 Å². The van der Waals surface area contributed by atoms with E-state index >= 15 is 0 Å². The lowest BCUT2D eigenvalue weighted by Gasteiger charge is -1.94. The summed E-state index contributed by atoms with van der Waals surface area (Å²) in [6, 6.07) is 0. The van der Waals surface area contributed by atoms with Crippen LogP contribution >= 0.6 is 11.3 Å². The predicted molar refractivity (Wildman–Crippen MR) is 49.1 cm³/mol. The summed E-state index contributed by atoms with van der Waals surface area (Å²) in [5.41, 5.74) is 0.807. The summed E-state index contributed by atoms with van der Waals surface area (Å²) in [4.78, 5) is 14.9. The van der Waals surface area contributed by atoms with Gasteiger partial charge in [0.05, 0.1) is 10.7 Å². The first-order valence-corrected chi connectivity index (χ1v) is 4.16. The number of terminal acetylenes is 1. The maximum Gasteiger partial charge on any atom is 0.300 e. The summed E-state index contributed by atoms with van der Waals surface area (Å²) in [6.07, 6.45) is 4.90. The first-order chi connectivity index (χ1) is 5.63. The van der Waals surface area contributed by atoms with Gasteiger partial charge in [0.2, 0.25) is 0 Å². The van der Waals surface area contributed by atoms with Gasteiger partial charge < -0.3 is 5.32 Å². The van der Waals surface area contributed by atoms with E-state index in [0.717, 1.165) is 15.7 Å². The van der Waals surface area contributed by atoms with Crippen LogP contribution in [0.4, 0.5) is 5.00 Å². The van der Waals surface area contributed by atoms with Gasteiger partial charge in [-0.1, -0.05) is 0 Å². The van der Waals surface area contributed by atoms with Crippen molar-refractivity contribution < 1.29 is 4.79 Å². The molecule has 0 radical (unpaired) electrons. The number of anilines is 1. The largest absolute Gasteiger partial charge is 0.305 e. The minimum Gasteiger partial charge on any atom is -0.305 e. The Morgan fingerprint density at radius 3 is 2.75 bits per heavy atom. The van der Waals surface area contributed by atoms with Gasteiger partial charge in [-0.05, 0) is 19.8 Å². The number of amides is 1. The molecule has 1 heterocycles. The van der Waals surface area contributed by atoms with E-state index in [2.05, 4.69) is 10.3 Å². The van der Waals surface area contributed by atoms with Gasteiger partial charge in [0.25, 0.3) is 0 Å². The molecule has 0 aliphatic rings. The summed E-state index contributed by atoms with van der Waals surface area (Å²) in [5, 5.41) is 4.21. The van der Waals surface area contributed by atoms with Crippen molar-refractivity contribution in [2.24, 2.45) is 0 Å². The smallest absolute Gasteiger partial charge is 0.300 e. The summed E-state index contributed by atoms with van der Waals surface area (Å²) in [7, 11) is 0. The molecule has 0 aliphatic heterocycles. The number of hydrogen-bond acceptors (Lipinski definition) is 3. The van der Waals surface area contributed by atoms with Crippen LogP contribution in [-0.4, -0.2) is 10.9 Å². The summed E-state index contributed by atoms with van der Waals surface area (Å²) >= 11 is 1.42. The quantitative estimate of drug-likeness (QED) is 0.662. The molecule has 0 aromatic carbocycles. The molecule has 0 bridgehead atoms. The van der Waals surface area contributed by atoms with Crippen LogP contribution in [0.2, 0.25) is 0 Å². The molecule has 0 saturated carbocycles. The molecule has 0 aliphatic carbocycles. The number of rotatable bonds is 1. The molecule has 1 N–H and O–H groups in total. The molecule has 1 aromatic rings. The van der Waals surface area contributed by atoms with Gasteiger partial charge in [-0.3, -0.25) is 4.79 Å². The van der Waals surface area contributed by atoms with Crippen molar-refractivity contribution in [1.29, 1.82) is 0 Å². The van der Waals surface area contributed by atoms with Crippen LogP contribution in [0.3, 0.4) is 0 Å². The van der Waals surface area contributed by atoms with E-state index in [1.165, 1.54) is 11.3 Å². The highest BCUT2D eigenvalue weighted by molar-refractivity contribution is 7.16. The fourth-order valence-electron chi connectivity index (χ4n) is 0.786. The van der Waals surface area contributed by atoms with Crippen LogP contribution in [-0.2, 0) is 4.79 Å². The summed E-state index contributed by atoms with van der Waals surface area (Å²) in [6.45, 7) is 3.71. The second kappa shape index (κ2) is 3.37. The number of aromatic nitrogens is 1. The Bertz CT molecular complexity index is 348. The fourth-order valence-corrected chi connectivity index (χ4v) is 1.60. The summed E-state index contributed by atoms with van der Waals surface area (Å²) in [5.74, 6) is 1.55. The third-order valence-electron chi connectivity index (χ3n) is 1.26. The van der Waals surface area contributed by atoms with Crippen molar-refractivity contribution in [3.8, 4) is 12.3 Å². The van der Waals surface area contributed by atoms with Crippen LogP contribution in [0.5, 0.6) is 0 Å². The SMILES string of the molecule is C#CC(=O)Nc1sc(C)nc1C. The molecule has 4 heteroatoms. The minimum absolute atomic E-state index is 0.429. The third-order valence-corrected chi connectivity index (χ3v) is 2.25. The third kappa shape index (κ3) is 1.83. The summed E-state index contributed by atoms with van der Waals surface area (Å²) < 4.78 is 0. The first kappa shape index (κ1) is 8.75. The Labute approximate surface area is 74.8 Å². The maximum atomic E-state index is 10.8. The number of hydrogen-bond donors (Lipinski definition) is 1. The molecule has 0 fully saturated rings. The second-order valence-electron chi connectivity index (χ2n) is 2.25. The van der Waals surface area contributed by atoms with E-state index in [1.54, 1.807) is 0 Å². The lowest BCUT2D eigenvalue weighted by molar-refractivity contribution is -0.111. The molecule has 0 atom stereocenters. The van der Waals surface area contributed by atoms with Crippen molar-refractivity contribution in [2.45, 2.75) is 13.8 Å². The molecule has 0 unspecified atom stereocenters. The lowest BCUT2D eigenvalue weighted by Crippen LogP contribution is -2.07. The van der Waals surface area contributed by atoms with Crippen molar-refractivity contribution in [2.75, 3.05) is 5.32 Å². The lowest BCUT2D eigenvalue weighted by atomic mass is 10.5. The molecular weight excluding hydrogens is 172 g/mol. The predicted octanol–water partition coefficient (Wildman–Crippen LogP) is 1.33. The van der Waals surface area contributed by atoms with Crippen molar-refractivity contribution in [3.63, 3.8) is 0 Å². The normalized spacial score (nSPS) is 9.08. The molecule has 1 rings (SSSR count). The number of aryl methyl sites for hydroxylation is 2. The van der Waals surface area contributed by atoms with E-state index in [1.807, 2.05) is 19.8 Å². The van der Waals surface area contributed by atoms with E-state index in [0.29, 0.717) is 0 Å². The highest BCUT2D eigenvalue weighted by Crippen LogP contribution is 2.22. The molecular formula is C8H8N2OS. The highest BCUT2D eigenvalue weighted by atomic mass is 32.1. The van der Waals surface area contributed by atoms with E-state index in [4.69, 9.17) is 6.42 Å². The number of nitrogens with one attached hydrogen (secondary N) is 1. The zero-order valence-electron chi connectivity index (χ0n) is 6.84. The fraction of sp³-hybridized carbons (Fsp3) is 0.250. The number of nitrogens with zero attached hydrogens (tertiary/aromatic N) is 1. The van der Waals surface area contributed by atoms with E-state index in [-0.39, 0.29) is 0 Å².